The van der Waals surface area contributed by atoms with Crippen molar-refractivity contribution in [2.45, 2.75) is 18.8 Å². The number of carboxylic acid groups (broad SMARTS) is 1. The van der Waals surface area contributed by atoms with Gasteiger partial charge < -0.3 is 10.4 Å². The van der Waals surface area contributed by atoms with E-state index in [9.17, 15) is 18.4 Å². The van der Waals surface area contributed by atoms with Gasteiger partial charge >= 0.3 is 5.97 Å². The van der Waals surface area contributed by atoms with Gasteiger partial charge in [0.1, 0.15) is 11.6 Å². The van der Waals surface area contributed by atoms with Crippen LogP contribution in [0.25, 0.3) is 0 Å². The van der Waals surface area contributed by atoms with Crippen LogP contribution >= 0.6 is 0 Å². The van der Waals surface area contributed by atoms with Crippen LogP contribution in [-0.4, -0.2) is 23.5 Å². The summed E-state index contributed by atoms with van der Waals surface area (Å²) in [5.41, 5.74) is -0.0547. The average molecular weight is 269 g/mol. The van der Waals surface area contributed by atoms with Crippen molar-refractivity contribution in [3.8, 4) is 0 Å². The van der Waals surface area contributed by atoms with E-state index in [-0.39, 0.29) is 24.4 Å². The summed E-state index contributed by atoms with van der Waals surface area (Å²) in [5, 5.41) is 10.9. The summed E-state index contributed by atoms with van der Waals surface area (Å²) in [6.07, 6.45) is 0.216. The summed E-state index contributed by atoms with van der Waals surface area (Å²) in [6, 6.07) is 3.60. The highest BCUT2D eigenvalue weighted by Gasteiger charge is 2.46. The van der Waals surface area contributed by atoms with E-state index in [1.807, 2.05) is 0 Å². The highest BCUT2D eigenvalue weighted by Crippen LogP contribution is 2.49. The molecular weight excluding hydrogens is 256 g/mol. The van der Waals surface area contributed by atoms with Crippen LogP contribution in [0.4, 0.5) is 8.78 Å². The van der Waals surface area contributed by atoms with Crippen LogP contribution in [0, 0.1) is 17.6 Å². The number of amides is 1. The molecule has 0 saturated heterocycles. The molecule has 1 saturated carbocycles. The van der Waals surface area contributed by atoms with Crippen LogP contribution in [0.1, 0.15) is 24.3 Å². The molecule has 102 valence electrons. The molecule has 1 aliphatic carbocycles. The Bertz CT molecular complexity index is 498. The Kier molecular flexibility index (Phi) is 3.78. The highest BCUT2D eigenvalue weighted by molar-refractivity contribution is 5.83. The molecule has 2 rings (SSSR count). The average Bonchev–Trinajstić information content (AvgIpc) is 3.08. The van der Waals surface area contributed by atoms with Crippen molar-refractivity contribution in [2.24, 2.45) is 5.92 Å². The summed E-state index contributed by atoms with van der Waals surface area (Å²) in [4.78, 5) is 21.9. The van der Waals surface area contributed by atoms with E-state index in [1.54, 1.807) is 0 Å². The van der Waals surface area contributed by atoms with Gasteiger partial charge in [0.05, 0.1) is 6.42 Å². The number of carbonyl (C=O) groups excluding carboxylic acids is 1. The van der Waals surface area contributed by atoms with Crippen molar-refractivity contribution in [1.29, 1.82) is 0 Å². The molecule has 1 fully saturated rings. The number of carboxylic acids is 1. The first-order valence-electron chi connectivity index (χ1n) is 5.94. The number of hydrogen-bond acceptors (Lipinski definition) is 2. The summed E-state index contributed by atoms with van der Waals surface area (Å²) in [6.45, 7) is 0.0249. The third-order valence-electron chi connectivity index (χ3n) is 3.14. The van der Waals surface area contributed by atoms with E-state index >= 15 is 0 Å². The molecule has 1 aromatic carbocycles. The molecule has 0 unspecified atom stereocenters. The molecule has 4 nitrogen and oxygen atoms in total. The van der Waals surface area contributed by atoms with Gasteiger partial charge in [-0.15, -0.1) is 0 Å². The standard InChI is InChI=1S/C13H13F2NO3/c14-9-2-1-3-10(15)12(9)7-6-8(7)13(19)16-5-4-11(17)18/h1-3,7-8H,4-6H2,(H,16,19)(H,17,18)/t7-,8+/m1/s1. The van der Waals surface area contributed by atoms with Gasteiger partial charge in [-0.1, -0.05) is 6.07 Å². The van der Waals surface area contributed by atoms with Crippen LogP contribution in [0.2, 0.25) is 0 Å². The topological polar surface area (TPSA) is 66.4 Å². The minimum Gasteiger partial charge on any atom is -0.481 e. The molecule has 0 aliphatic heterocycles. The Morgan fingerprint density at radius 3 is 2.53 bits per heavy atom. The van der Waals surface area contributed by atoms with Crippen LogP contribution < -0.4 is 5.32 Å². The fourth-order valence-electron chi connectivity index (χ4n) is 2.09. The van der Waals surface area contributed by atoms with Gasteiger partial charge in [-0.25, -0.2) is 8.78 Å². The smallest absolute Gasteiger partial charge is 0.305 e. The fourth-order valence-corrected chi connectivity index (χ4v) is 2.09. The van der Waals surface area contributed by atoms with Crippen molar-refractivity contribution in [2.75, 3.05) is 6.54 Å². The second kappa shape index (κ2) is 5.34. The van der Waals surface area contributed by atoms with Crippen molar-refractivity contribution in [1.82, 2.24) is 5.32 Å². The lowest BCUT2D eigenvalue weighted by atomic mass is 10.1. The number of aliphatic carboxylic acids is 1. The lowest BCUT2D eigenvalue weighted by Gasteiger charge is -2.05. The normalized spacial score (nSPS) is 20.9. The van der Waals surface area contributed by atoms with Crippen molar-refractivity contribution in [3.05, 3.63) is 35.4 Å². The summed E-state index contributed by atoms with van der Waals surface area (Å²) < 4.78 is 27.0. The first-order chi connectivity index (χ1) is 9.00. The van der Waals surface area contributed by atoms with Gasteiger partial charge in [0.15, 0.2) is 0 Å². The molecule has 0 radical (unpaired) electrons. The van der Waals surface area contributed by atoms with Gasteiger partial charge in [-0.05, 0) is 18.6 Å². The second-order valence-corrected chi connectivity index (χ2v) is 4.52. The zero-order valence-corrected chi connectivity index (χ0v) is 10.0. The minimum atomic E-state index is -1.01. The number of halogens is 2. The summed E-state index contributed by atoms with van der Waals surface area (Å²) >= 11 is 0. The maximum Gasteiger partial charge on any atom is 0.305 e. The molecule has 2 N–H and O–H groups in total. The molecule has 1 amide bonds. The molecule has 19 heavy (non-hydrogen) atoms. The molecule has 0 aromatic heterocycles. The number of rotatable bonds is 5. The number of nitrogens with one attached hydrogen (secondary N) is 1. The predicted molar refractivity (Wildman–Crippen MR) is 62.5 cm³/mol. The Morgan fingerprint density at radius 2 is 1.95 bits per heavy atom. The fraction of sp³-hybridized carbons (Fsp3) is 0.385. The van der Waals surface area contributed by atoms with E-state index in [1.165, 1.54) is 6.07 Å². The van der Waals surface area contributed by atoms with Crippen molar-refractivity contribution in [3.63, 3.8) is 0 Å². The number of benzene rings is 1. The van der Waals surface area contributed by atoms with Crippen LogP contribution in [-0.2, 0) is 9.59 Å². The van der Waals surface area contributed by atoms with Gasteiger partial charge in [-0.2, -0.15) is 0 Å². The largest absolute Gasteiger partial charge is 0.481 e. The minimum absolute atomic E-state index is 0.0249. The van der Waals surface area contributed by atoms with E-state index in [0.717, 1.165) is 12.1 Å². The first kappa shape index (κ1) is 13.5. The van der Waals surface area contributed by atoms with Gasteiger partial charge in [0.25, 0.3) is 0 Å². The number of carbonyl (C=O) groups is 2. The van der Waals surface area contributed by atoms with E-state index < -0.39 is 29.4 Å². The van der Waals surface area contributed by atoms with Gasteiger partial charge in [-0.3, -0.25) is 9.59 Å². The molecule has 0 spiro atoms. The zero-order valence-electron chi connectivity index (χ0n) is 10.0. The predicted octanol–water partition coefficient (Wildman–Crippen LogP) is 1.66. The maximum absolute atomic E-state index is 13.5. The molecular formula is C13H13F2NO3. The van der Waals surface area contributed by atoms with Crippen LogP contribution in [0.3, 0.4) is 0 Å². The lowest BCUT2D eigenvalue weighted by Crippen LogP contribution is -2.27. The molecule has 2 atom stereocenters. The quantitative estimate of drug-likeness (QED) is 0.854. The lowest BCUT2D eigenvalue weighted by molar-refractivity contribution is -0.136. The molecule has 6 heteroatoms. The van der Waals surface area contributed by atoms with Gasteiger partial charge in [0.2, 0.25) is 5.91 Å². The Labute approximate surface area is 108 Å². The van der Waals surface area contributed by atoms with E-state index in [4.69, 9.17) is 5.11 Å². The first-order valence-corrected chi connectivity index (χ1v) is 5.94. The summed E-state index contributed by atoms with van der Waals surface area (Å²) in [5.74, 6) is -3.58. The monoisotopic (exact) mass is 269 g/mol. The van der Waals surface area contributed by atoms with E-state index in [2.05, 4.69) is 5.32 Å². The van der Waals surface area contributed by atoms with Crippen LogP contribution in [0.15, 0.2) is 18.2 Å². The highest BCUT2D eigenvalue weighted by atomic mass is 19.1. The molecule has 0 heterocycles. The third kappa shape index (κ3) is 3.07. The SMILES string of the molecule is O=C(O)CCNC(=O)[C@H]1C[C@H]1c1c(F)cccc1F. The second-order valence-electron chi connectivity index (χ2n) is 4.52. The Morgan fingerprint density at radius 1 is 1.32 bits per heavy atom. The Hall–Kier alpha value is -1.98. The van der Waals surface area contributed by atoms with E-state index in [0.29, 0.717) is 6.42 Å². The van der Waals surface area contributed by atoms with Crippen molar-refractivity contribution < 1.29 is 23.5 Å². The van der Waals surface area contributed by atoms with Crippen molar-refractivity contribution >= 4 is 11.9 Å². The Balaban J connectivity index is 1.93. The van der Waals surface area contributed by atoms with Crippen LogP contribution in [0.5, 0.6) is 0 Å². The van der Waals surface area contributed by atoms with Gasteiger partial charge in [0, 0.05) is 23.9 Å². The zero-order chi connectivity index (χ0) is 14.0. The molecule has 0 bridgehead atoms. The third-order valence-corrected chi connectivity index (χ3v) is 3.14. The molecule has 1 aromatic rings. The summed E-state index contributed by atoms with van der Waals surface area (Å²) in [7, 11) is 0. The molecule has 1 aliphatic rings. The maximum atomic E-state index is 13.5. The number of hydrogen-bond donors (Lipinski definition) is 2.